The van der Waals surface area contributed by atoms with Gasteiger partial charge in [-0.3, -0.25) is 14.5 Å². The van der Waals surface area contributed by atoms with E-state index in [-0.39, 0.29) is 11.1 Å². The molecule has 27 heavy (non-hydrogen) atoms. The monoisotopic (exact) mass is 402 g/mol. The van der Waals surface area contributed by atoms with E-state index in [1.54, 1.807) is 16.2 Å². The molecule has 142 valence electrons. The van der Waals surface area contributed by atoms with Gasteiger partial charge < -0.3 is 10.2 Å². The Morgan fingerprint density at radius 2 is 2.07 bits per heavy atom. The van der Waals surface area contributed by atoms with Crippen molar-refractivity contribution in [1.29, 1.82) is 0 Å². The van der Waals surface area contributed by atoms with Gasteiger partial charge in [0.25, 0.3) is 5.24 Å². The van der Waals surface area contributed by atoms with E-state index in [0.29, 0.717) is 18.1 Å². The van der Waals surface area contributed by atoms with Crippen LogP contribution >= 0.6 is 23.1 Å². The predicted octanol–water partition coefficient (Wildman–Crippen LogP) is 3.20. The minimum atomic E-state index is -0.0769. The first-order valence-corrected chi connectivity index (χ1v) is 10.9. The SMILES string of the molecule is O=C(CCN1CCSC1=O)Nc1nc2c(s1)CN(Cc1ccccc1)CC2. The Morgan fingerprint density at radius 1 is 1.22 bits per heavy atom. The lowest BCUT2D eigenvalue weighted by atomic mass is 10.1. The summed E-state index contributed by atoms with van der Waals surface area (Å²) in [4.78, 5) is 33.8. The second-order valence-electron chi connectivity index (χ2n) is 6.73. The van der Waals surface area contributed by atoms with Gasteiger partial charge in [-0.2, -0.15) is 0 Å². The number of thioether (sulfide) groups is 1. The first kappa shape index (κ1) is 18.5. The highest BCUT2D eigenvalue weighted by molar-refractivity contribution is 8.13. The van der Waals surface area contributed by atoms with E-state index < -0.39 is 0 Å². The van der Waals surface area contributed by atoms with Gasteiger partial charge in [-0.15, -0.1) is 11.3 Å². The summed E-state index contributed by atoms with van der Waals surface area (Å²) in [7, 11) is 0. The number of fused-ring (bicyclic) bond motifs is 1. The van der Waals surface area contributed by atoms with E-state index in [2.05, 4.69) is 39.5 Å². The van der Waals surface area contributed by atoms with Crippen LogP contribution in [-0.2, 0) is 24.3 Å². The fraction of sp³-hybridized carbons (Fsp3) is 0.421. The summed E-state index contributed by atoms with van der Waals surface area (Å²) in [5.41, 5.74) is 2.42. The van der Waals surface area contributed by atoms with Gasteiger partial charge in [0, 0.05) is 56.2 Å². The summed E-state index contributed by atoms with van der Waals surface area (Å²) in [5, 5.41) is 3.66. The number of amides is 2. The van der Waals surface area contributed by atoms with Crippen molar-refractivity contribution in [3.05, 3.63) is 46.5 Å². The molecule has 2 amide bonds. The Morgan fingerprint density at radius 3 is 2.85 bits per heavy atom. The second-order valence-corrected chi connectivity index (χ2v) is 8.86. The number of nitrogens with zero attached hydrogens (tertiary/aromatic N) is 3. The molecule has 1 N–H and O–H groups in total. The number of aromatic nitrogens is 1. The Labute approximate surface area is 167 Å². The number of rotatable bonds is 6. The molecular weight excluding hydrogens is 380 g/mol. The lowest BCUT2D eigenvalue weighted by molar-refractivity contribution is -0.116. The van der Waals surface area contributed by atoms with E-state index in [0.717, 1.165) is 44.0 Å². The molecule has 0 bridgehead atoms. The zero-order chi connectivity index (χ0) is 18.6. The van der Waals surface area contributed by atoms with Gasteiger partial charge in [0.15, 0.2) is 5.13 Å². The third-order valence-electron chi connectivity index (χ3n) is 4.76. The van der Waals surface area contributed by atoms with Gasteiger partial charge in [-0.1, -0.05) is 42.1 Å². The molecule has 3 heterocycles. The van der Waals surface area contributed by atoms with Crippen LogP contribution < -0.4 is 5.32 Å². The quantitative estimate of drug-likeness (QED) is 0.804. The molecule has 0 atom stereocenters. The molecule has 1 saturated heterocycles. The molecule has 6 nitrogen and oxygen atoms in total. The van der Waals surface area contributed by atoms with Gasteiger partial charge in [0.1, 0.15) is 0 Å². The summed E-state index contributed by atoms with van der Waals surface area (Å²) < 4.78 is 0. The van der Waals surface area contributed by atoms with Crippen molar-refractivity contribution in [2.24, 2.45) is 0 Å². The molecular formula is C19H22N4O2S2. The van der Waals surface area contributed by atoms with Crippen molar-refractivity contribution < 1.29 is 9.59 Å². The maximum absolute atomic E-state index is 12.2. The average Bonchev–Trinajstić information content (AvgIpc) is 3.25. The van der Waals surface area contributed by atoms with Gasteiger partial charge >= 0.3 is 0 Å². The first-order valence-electron chi connectivity index (χ1n) is 9.14. The van der Waals surface area contributed by atoms with Crippen molar-refractivity contribution in [2.75, 3.05) is 30.7 Å². The van der Waals surface area contributed by atoms with Crippen molar-refractivity contribution in [2.45, 2.75) is 25.9 Å². The predicted molar refractivity (Wildman–Crippen MR) is 109 cm³/mol. The normalized spacial score (nSPS) is 17.2. The molecule has 1 aromatic carbocycles. The molecule has 1 fully saturated rings. The van der Waals surface area contributed by atoms with Crippen molar-refractivity contribution >= 4 is 39.4 Å². The standard InChI is InChI=1S/C19H22N4O2S2/c24-17(7-9-23-10-11-26-19(23)25)21-18-20-15-6-8-22(13-16(15)27-18)12-14-4-2-1-3-5-14/h1-5H,6-13H2,(H,20,21,24). The molecule has 0 radical (unpaired) electrons. The van der Waals surface area contributed by atoms with Crippen LogP contribution in [0.1, 0.15) is 22.6 Å². The number of thiazole rings is 1. The fourth-order valence-corrected chi connectivity index (χ4v) is 5.24. The number of anilines is 1. The van der Waals surface area contributed by atoms with E-state index in [9.17, 15) is 9.59 Å². The minimum absolute atomic E-state index is 0.0750. The lowest BCUT2D eigenvalue weighted by Gasteiger charge is -2.25. The van der Waals surface area contributed by atoms with Crippen LogP contribution in [0.15, 0.2) is 30.3 Å². The zero-order valence-electron chi connectivity index (χ0n) is 15.0. The molecule has 0 spiro atoms. The minimum Gasteiger partial charge on any atom is -0.332 e. The van der Waals surface area contributed by atoms with Gasteiger partial charge in [0.05, 0.1) is 5.69 Å². The maximum atomic E-state index is 12.2. The Hall–Kier alpha value is -1.90. The highest BCUT2D eigenvalue weighted by Crippen LogP contribution is 2.29. The average molecular weight is 403 g/mol. The van der Waals surface area contributed by atoms with Crippen molar-refractivity contribution in [3.63, 3.8) is 0 Å². The molecule has 1 aromatic heterocycles. The third kappa shape index (κ3) is 4.69. The van der Waals surface area contributed by atoms with Crippen LogP contribution in [0.3, 0.4) is 0 Å². The number of nitrogens with one attached hydrogen (secondary N) is 1. The summed E-state index contributed by atoms with van der Waals surface area (Å²) in [5.74, 6) is 0.742. The van der Waals surface area contributed by atoms with Gasteiger partial charge in [-0.25, -0.2) is 4.98 Å². The van der Waals surface area contributed by atoms with Gasteiger partial charge in [0.2, 0.25) is 5.91 Å². The van der Waals surface area contributed by atoms with Crippen LogP contribution in [0.4, 0.5) is 9.93 Å². The molecule has 2 aliphatic rings. The van der Waals surface area contributed by atoms with E-state index in [1.165, 1.54) is 22.2 Å². The highest BCUT2D eigenvalue weighted by atomic mass is 32.2. The number of carbonyl (C=O) groups excluding carboxylic acids is 2. The van der Waals surface area contributed by atoms with Crippen molar-refractivity contribution in [3.8, 4) is 0 Å². The van der Waals surface area contributed by atoms with Crippen LogP contribution in [-0.4, -0.2) is 51.3 Å². The molecule has 8 heteroatoms. The Kier molecular flexibility index (Phi) is 5.75. The number of benzene rings is 1. The number of carbonyl (C=O) groups is 2. The largest absolute Gasteiger partial charge is 0.332 e. The zero-order valence-corrected chi connectivity index (χ0v) is 16.7. The summed E-state index contributed by atoms with van der Waals surface area (Å²) >= 11 is 2.89. The van der Waals surface area contributed by atoms with Crippen LogP contribution in [0, 0.1) is 0 Å². The van der Waals surface area contributed by atoms with Crippen LogP contribution in [0.5, 0.6) is 0 Å². The molecule has 2 aromatic rings. The van der Waals surface area contributed by atoms with Crippen molar-refractivity contribution in [1.82, 2.24) is 14.8 Å². The van der Waals surface area contributed by atoms with E-state index >= 15 is 0 Å². The number of hydrogen-bond acceptors (Lipinski definition) is 6. The summed E-state index contributed by atoms with van der Waals surface area (Å²) in [6.45, 7) is 4.00. The van der Waals surface area contributed by atoms with E-state index in [1.807, 2.05) is 6.07 Å². The summed E-state index contributed by atoms with van der Waals surface area (Å²) in [6, 6.07) is 10.5. The second kappa shape index (κ2) is 8.41. The highest BCUT2D eigenvalue weighted by Gasteiger charge is 2.23. The Bertz CT molecular complexity index is 824. The molecule has 4 rings (SSSR count). The van der Waals surface area contributed by atoms with Gasteiger partial charge in [-0.05, 0) is 5.56 Å². The molecule has 0 unspecified atom stereocenters. The third-order valence-corrected chi connectivity index (χ3v) is 6.65. The molecule has 0 saturated carbocycles. The van der Waals surface area contributed by atoms with Crippen LogP contribution in [0.25, 0.3) is 0 Å². The van der Waals surface area contributed by atoms with E-state index in [4.69, 9.17) is 0 Å². The smallest absolute Gasteiger partial charge is 0.281 e. The number of hydrogen-bond donors (Lipinski definition) is 1. The molecule has 2 aliphatic heterocycles. The Balaban J connectivity index is 1.30. The fourth-order valence-electron chi connectivity index (χ4n) is 3.33. The maximum Gasteiger partial charge on any atom is 0.281 e. The molecule has 0 aliphatic carbocycles. The first-order chi connectivity index (χ1) is 13.2. The lowest BCUT2D eigenvalue weighted by Crippen LogP contribution is -2.29. The summed E-state index contributed by atoms with van der Waals surface area (Å²) in [6.07, 6.45) is 1.23. The topological polar surface area (TPSA) is 65.5 Å². The van der Waals surface area contributed by atoms with Crippen LogP contribution in [0.2, 0.25) is 0 Å².